The lowest BCUT2D eigenvalue weighted by atomic mass is 9.82. The first-order valence-corrected chi connectivity index (χ1v) is 5.75. The number of hydrogen-bond acceptors (Lipinski definition) is 4. The predicted molar refractivity (Wildman–Crippen MR) is 72.0 cm³/mol. The summed E-state index contributed by atoms with van der Waals surface area (Å²) < 4.78 is 5.25. The van der Waals surface area contributed by atoms with E-state index in [2.05, 4.69) is 0 Å². The fourth-order valence-electron chi connectivity index (χ4n) is 1.85. The second-order valence-corrected chi connectivity index (χ2v) is 5.60. The first kappa shape index (κ1) is 14.9. The Balaban J connectivity index is 3.28. The van der Waals surface area contributed by atoms with Crippen LogP contribution in [0.2, 0.25) is 0 Å². The van der Waals surface area contributed by atoms with Crippen molar-refractivity contribution < 1.29 is 14.9 Å². The van der Waals surface area contributed by atoms with Gasteiger partial charge < -0.3 is 20.7 Å². The van der Waals surface area contributed by atoms with Gasteiger partial charge in [0.25, 0.3) is 0 Å². The lowest BCUT2D eigenvalue weighted by molar-refractivity contribution is 0.135. The van der Waals surface area contributed by atoms with Gasteiger partial charge in [0.1, 0.15) is 19.3 Å². The standard InChI is InChI=1S/C13H20BNO3/c1-12(2,3)9-6-11(18-4)8(5-10(9)16)7-13(14,15)17/h5-6,16-17H,7,15H2,1-4H3. The SMILES string of the molecule is [B]C(N)(O)Cc1cc(O)c(C(C)(C)C)cc1OC. The van der Waals surface area contributed by atoms with Crippen molar-refractivity contribution in [3.63, 3.8) is 0 Å². The Morgan fingerprint density at radius 1 is 1.33 bits per heavy atom. The maximum Gasteiger partial charge on any atom is 0.135 e. The fourth-order valence-corrected chi connectivity index (χ4v) is 1.85. The van der Waals surface area contributed by atoms with Crippen molar-refractivity contribution in [2.45, 2.75) is 38.2 Å². The summed E-state index contributed by atoms with van der Waals surface area (Å²) in [5.74, 6) is 0.689. The molecule has 0 fully saturated rings. The molecule has 0 bridgehead atoms. The van der Waals surface area contributed by atoms with E-state index in [1.54, 1.807) is 6.07 Å². The van der Waals surface area contributed by atoms with Gasteiger partial charge in [-0.25, -0.2) is 0 Å². The molecule has 1 aromatic rings. The summed E-state index contributed by atoms with van der Waals surface area (Å²) in [7, 11) is 6.88. The van der Waals surface area contributed by atoms with Gasteiger partial charge in [-0.1, -0.05) is 20.8 Å². The van der Waals surface area contributed by atoms with Crippen LogP contribution < -0.4 is 10.5 Å². The predicted octanol–water partition coefficient (Wildman–Crippen LogP) is 1.01. The molecule has 0 aromatic heterocycles. The average molecular weight is 249 g/mol. The smallest absolute Gasteiger partial charge is 0.135 e. The first-order chi connectivity index (χ1) is 8.04. The summed E-state index contributed by atoms with van der Waals surface area (Å²) in [6.45, 7) is 5.97. The summed E-state index contributed by atoms with van der Waals surface area (Å²) >= 11 is 0. The number of aromatic hydroxyl groups is 1. The Morgan fingerprint density at radius 2 is 1.89 bits per heavy atom. The number of rotatable bonds is 3. The second-order valence-electron chi connectivity index (χ2n) is 5.60. The van der Waals surface area contributed by atoms with Gasteiger partial charge >= 0.3 is 0 Å². The lowest BCUT2D eigenvalue weighted by Crippen LogP contribution is -2.42. The molecular weight excluding hydrogens is 229 g/mol. The van der Waals surface area contributed by atoms with Crippen molar-refractivity contribution >= 4 is 7.85 Å². The Hall–Kier alpha value is -1.20. The molecule has 0 saturated heterocycles. The molecule has 4 N–H and O–H groups in total. The van der Waals surface area contributed by atoms with Crippen molar-refractivity contribution in [2.24, 2.45) is 5.73 Å². The lowest BCUT2D eigenvalue weighted by Gasteiger charge is -2.24. The van der Waals surface area contributed by atoms with Crippen LogP contribution in [-0.4, -0.2) is 30.8 Å². The molecule has 5 heteroatoms. The van der Waals surface area contributed by atoms with Gasteiger partial charge in [-0.3, -0.25) is 0 Å². The van der Waals surface area contributed by atoms with Crippen molar-refractivity contribution in [3.8, 4) is 11.5 Å². The monoisotopic (exact) mass is 249 g/mol. The van der Waals surface area contributed by atoms with Crippen LogP contribution in [0.1, 0.15) is 31.9 Å². The minimum absolute atomic E-state index is 0.00580. The number of phenols is 1. The highest BCUT2D eigenvalue weighted by Gasteiger charge is 2.23. The molecule has 0 heterocycles. The van der Waals surface area contributed by atoms with Gasteiger partial charge in [0, 0.05) is 17.5 Å². The molecule has 1 atom stereocenters. The van der Waals surface area contributed by atoms with Crippen molar-refractivity contribution in [1.29, 1.82) is 0 Å². The normalized spacial score (nSPS) is 15.2. The van der Waals surface area contributed by atoms with E-state index in [4.69, 9.17) is 18.3 Å². The maximum atomic E-state index is 10.0. The summed E-state index contributed by atoms with van der Waals surface area (Å²) in [5.41, 5.74) is 4.65. The van der Waals surface area contributed by atoms with Crippen LogP contribution in [0.15, 0.2) is 12.1 Å². The van der Waals surface area contributed by atoms with Crippen LogP contribution >= 0.6 is 0 Å². The largest absolute Gasteiger partial charge is 0.508 e. The fraction of sp³-hybridized carbons (Fsp3) is 0.538. The Bertz CT molecular complexity index is 433. The minimum atomic E-state index is -1.83. The minimum Gasteiger partial charge on any atom is -0.508 e. The highest BCUT2D eigenvalue weighted by atomic mass is 16.5. The van der Waals surface area contributed by atoms with Crippen LogP contribution in [0.5, 0.6) is 11.5 Å². The average Bonchev–Trinajstić information content (AvgIpc) is 2.13. The van der Waals surface area contributed by atoms with E-state index in [-0.39, 0.29) is 17.6 Å². The number of nitrogens with two attached hydrogens (primary N) is 1. The molecule has 0 aliphatic heterocycles. The number of phenolic OH excluding ortho intramolecular Hbond substituents is 1. The number of hydrogen-bond donors (Lipinski definition) is 3. The van der Waals surface area contributed by atoms with Gasteiger partial charge in [0.05, 0.1) is 12.7 Å². The Morgan fingerprint density at radius 3 is 2.28 bits per heavy atom. The van der Waals surface area contributed by atoms with Crippen molar-refractivity contribution in [3.05, 3.63) is 23.3 Å². The number of methoxy groups -OCH3 is 1. The maximum absolute atomic E-state index is 10.0. The topological polar surface area (TPSA) is 75.7 Å². The van der Waals surface area contributed by atoms with Crippen LogP contribution in [0, 0.1) is 0 Å². The van der Waals surface area contributed by atoms with E-state index in [1.807, 2.05) is 20.8 Å². The first-order valence-electron chi connectivity index (χ1n) is 5.75. The Labute approximate surface area is 109 Å². The second kappa shape index (κ2) is 4.82. The quantitative estimate of drug-likeness (QED) is 0.552. The molecule has 18 heavy (non-hydrogen) atoms. The third-order valence-electron chi connectivity index (χ3n) is 2.68. The number of aliphatic hydroxyl groups is 1. The van der Waals surface area contributed by atoms with Crippen LogP contribution in [0.3, 0.4) is 0 Å². The van der Waals surface area contributed by atoms with Gasteiger partial charge in [-0.05, 0) is 17.5 Å². The van der Waals surface area contributed by atoms with Crippen molar-refractivity contribution in [1.82, 2.24) is 0 Å². The summed E-state index contributed by atoms with van der Waals surface area (Å²) in [6.07, 6.45) is -0.00580. The molecule has 4 nitrogen and oxygen atoms in total. The molecule has 98 valence electrons. The summed E-state index contributed by atoms with van der Waals surface area (Å²) in [5, 5.41) is 19.5. The van der Waals surface area contributed by atoms with E-state index in [0.29, 0.717) is 11.3 Å². The van der Waals surface area contributed by atoms with E-state index in [1.165, 1.54) is 13.2 Å². The highest BCUT2D eigenvalue weighted by molar-refractivity contribution is 6.13. The molecular formula is C13H20BNO3. The third kappa shape index (κ3) is 3.65. The molecule has 1 rings (SSSR count). The van der Waals surface area contributed by atoms with Gasteiger partial charge in [-0.2, -0.15) is 0 Å². The van der Waals surface area contributed by atoms with Gasteiger partial charge in [-0.15, -0.1) is 0 Å². The third-order valence-corrected chi connectivity index (χ3v) is 2.68. The van der Waals surface area contributed by atoms with Crippen LogP contribution in [0.25, 0.3) is 0 Å². The highest BCUT2D eigenvalue weighted by Crippen LogP contribution is 2.36. The van der Waals surface area contributed by atoms with E-state index in [0.717, 1.165) is 5.56 Å². The molecule has 0 saturated carbocycles. The van der Waals surface area contributed by atoms with Crippen LogP contribution in [-0.2, 0) is 11.8 Å². The molecule has 0 aliphatic rings. The molecule has 0 spiro atoms. The molecule has 1 aromatic carbocycles. The zero-order chi connectivity index (χ0) is 14.1. The number of ether oxygens (including phenoxy) is 1. The zero-order valence-corrected chi connectivity index (χ0v) is 11.3. The molecule has 0 amide bonds. The molecule has 0 aliphatic carbocycles. The number of benzene rings is 1. The summed E-state index contributed by atoms with van der Waals surface area (Å²) in [6, 6.07) is 3.28. The summed E-state index contributed by atoms with van der Waals surface area (Å²) in [4.78, 5) is 0. The zero-order valence-electron chi connectivity index (χ0n) is 11.3. The Kier molecular flexibility index (Phi) is 3.98. The van der Waals surface area contributed by atoms with E-state index in [9.17, 15) is 10.2 Å². The van der Waals surface area contributed by atoms with Crippen LogP contribution in [0.4, 0.5) is 0 Å². The molecule has 2 radical (unpaired) electrons. The molecule has 1 unspecified atom stereocenters. The van der Waals surface area contributed by atoms with Gasteiger partial charge in [0.2, 0.25) is 0 Å². The van der Waals surface area contributed by atoms with Crippen molar-refractivity contribution in [2.75, 3.05) is 7.11 Å². The van der Waals surface area contributed by atoms with Gasteiger partial charge in [0.15, 0.2) is 0 Å². The van der Waals surface area contributed by atoms with E-state index < -0.39 is 5.62 Å². The van der Waals surface area contributed by atoms with E-state index >= 15 is 0 Å².